The lowest BCUT2D eigenvalue weighted by molar-refractivity contribution is -0.127. The average Bonchev–Trinajstić information content (AvgIpc) is 3.13. The van der Waals surface area contributed by atoms with Crippen molar-refractivity contribution in [2.45, 2.75) is 20.5 Å². The fraction of sp³-hybridized carbons (Fsp3) is 0.179. The normalized spacial score (nSPS) is 14.3. The molecule has 0 radical (unpaired) electrons. The van der Waals surface area contributed by atoms with Crippen LogP contribution >= 0.6 is 11.8 Å². The Balaban J connectivity index is 1.43. The number of carbonyl (C=O) groups is 3. The van der Waals surface area contributed by atoms with Gasteiger partial charge in [0.25, 0.3) is 11.1 Å². The van der Waals surface area contributed by atoms with Gasteiger partial charge in [-0.05, 0) is 72.1 Å². The molecule has 0 unspecified atom stereocenters. The van der Waals surface area contributed by atoms with E-state index in [-0.39, 0.29) is 11.4 Å². The topological polar surface area (TPSA) is 84.9 Å². The van der Waals surface area contributed by atoms with Gasteiger partial charge in [-0.3, -0.25) is 19.3 Å². The Hall–Kier alpha value is -4.04. The minimum absolute atomic E-state index is 0.236. The molecule has 7 nitrogen and oxygen atoms in total. The zero-order chi connectivity index (χ0) is 25.7. The van der Waals surface area contributed by atoms with E-state index in [1.807, 2.05) is 62.4 Å². The van der Waals surface area contributed by atoms with Crippen LogP contribution in [0.15, 0.2) is 71.6 Å². The molecule has 3 aromatic carbocycles. The number of ether oxygens (including phenoxy) is 2. The van der Waals surface area contributed by atoms with Gasteiger partial charge in [-0.1, -0.05) is 48.5 Å². The second-order valence-electron chi connectivity index (χ2n) is 8.32. The predicted molar refractivity (Wildman–Crippen MR) is 141 cm³/mol. The van der Waals surface area contributed by atoms with Gasteiger partial charge in [0, 0.05) is 5.69 Å². The molecule has 0 bridgehead atoms. The molecule has 1 aliphatic heterocycles. The second-order valence-corrected chi connectivity index (χ2v) is 9.31. The highest BCUT2D eigenvalue weighted by molar-refractivity contribution is 8.18. The number of imide groups is 1. The molecule has 1 aliphatic rings. The Morgan fingerprint density at radius 1 is 1.00 bits per heavy atom. The zero-order valence-corrected chi connectivity index (χ0v) is 21.1. The number of benzene rings is 3. The summed E-state index contributed by atoms with van der Waals surface area (Å²) in [6.07, 6.45) is 1.61. The van der Waals surface area contributed by atoms with Gasteiger partial charge in [0.05, 0.1) is 12.0 Å². The number of amides is 3. The number of carbonyl (C=O) groups excluding carboxylic acids is 3. The molecule has 36 heavy (non-hydrogen) atoms. The molecule has 1 heterocycles. The minimum atomic E-state index is -0.510. The van der Waals surface area contributed by atoms with Gasteiger partial charge in [-0.2, -0.15) is 0 Å². The third-order valence-electron chi connectivity index (χ3n) is 5.57. The maximum absolute atomic E-state index is 12.9. The van der Waals surface area contributed by atoms with E-state index in [1.54, 1.807) is 24.3 Å². The predicted octanol–water partition coefficient (Wildman–Crippen LogP) is 5.57. The van der Waals surface area contributed by atoms with Crippen LogP contribution in [0.4, 0.5) is 10.5 Å². The Bertz CT molecular complexity index is 1340. The molecule has 184 valence electrons. The molecule has 8 heteroatoms. The summed E-state index contributed by atoms with van der Waals surface area (Å²) in [4.78, 5) is 39.1. The number of methoxy groups -OCH3 is 1. The lowest BCUT2D eigenvalue weighted by atomic mass is 10.1. The number of nitrogens with zero attached hydrogens (tertiary/aromatic N) is 1. The van der Waals surface area contributed by atoms with Crippen LogP contribution in [0, 0.1) is 13.8 Å². The van der Waals surface area contributed by atoms with Gasteiger partial charge < -0.3 is 14.8 Å². The van der Waals surface area contributed by atoms with Gasteiger partial charge >= 0.3 is 0 Å². The molecule has 0 aliphatic carbocycles. The van der Waals surface area contributed by atoms with Crippen LogP contribution in [-0.2, 0) is 16.2 Å². The number of thioether (sulfide) groups is 1. The van der Waals surface area contributed by atoms with E-state index in [9.17, 15) is 14.4 Å². The van der Waals surface area contributed by atoms with Gasteiger partial charge in [-0.25, -0.2) is 0 Å². The van der Waals surface area contributed by atoms with E-state index in [2.05, 4.69) is 5.32 Å². The third-order valence-corrected chi connectivity index (χ3v) is 6.47. The highest BCUT2D eigenvalue weighted by atomic mass is 32.2. The molecule has 3 amide bonds. The minimum Gasteiger partial charge on any atom is -0.493 e. The van der Waals surface area contributed by atoms with E-state index in [0.717, 1.165) is 33.4 Å². The van der Waals surface area contributed by atoms with E-state index in [4.69, 9.17) is 9.47 Å². The van der Waals surface area contributed by atoms with Crippen molar-refractivity contribution >= 4 is 40.6 Å². The average molecular weight is 503 g/mol. The van der Waals surface area contributed by atoms with Crippen LogP contribution in [0.1, 0.15) is 22.3 Å². The van der Waals surface area contributed by atoms with Crippen LogP contribution in [0.5, 0.6) is 11.5 Å². The number of rotatable bonds is 8. The number of aryl methyl sites for hydroxylation is 2. The standard InChI is InChI=1S/C28H26N2O5S/c1-18-9-10-19(2)22(13-18)29-26(31)16-30-27(32)25(36-28(30)33)15-21-11-12-23(24(14-21)34-3)35-17-20-7-5-4-6-8-20/h4-15H,16-17H2,1-3H3,(H,29,31)/b25-15+. The molecule has 0 atom stereocenters. The van der Waals surface area contributed by atoms with Crippen molar-refractivity contribution in [3.8, 4) is 11.5 Å². The molecule has 0 spiro atoms. The second kappa shape index (κ2) is 11.1. The maximum atomic E-state index is 12.9. The number of hydrogen-bond acceptors (Lipinski definition) is 6. The molecular formula is C28H26N2O5S. The van der Waals surface area contributed by atoms with Crippen LogP contribution in [-0.4, -0.2) is 35.6 Å². The number of hydrogen-bond donors (Lipinski definition) is 1. The molecule has 4 rings (SSSR count). The van der Waals surface area contributed by atoms with Crippen LogP contribution in [0.25, 0.3) is 6.08 Å². The highest BCUT2D eigenvalue weighted by Crippen LogP contribution is 2.34. The summed E-state index contributed by atoms with van der Waals surface area (Å²) in [6.45, 7) is 3.84. The van der Waals surface area contributed by atoms with Crippen molar-refractivity contribution in [2.24, 2.45) is 0 Å². The molecule has 0 saturated carbocycles. The van der Waals surface area contributed by atoms with E-state index in [1.165, 1.54) is 7.11 Å². The zero-order valence-electron chi connectivity index (χ0n) is 20.2. The van der Waals surface area contributed by atoms with E-state index < -0.39 is 17.1 Å². The molecule has 1 fully saturated rings. The van der Waals surface area contributed by atoms with Gasteiger partial charge in [0.2, 0.25) is 5.91 Å². The van der Waals surface area contributed by atoms with Crippen molar-refractivity contribution in [2.75, 3.05) is 19.0 Å². The first-order valence-electron chi connectivity index (χ1n) is 11.3. The lowest BCUT2D eigenvalue weighted by Gasteiger charge is -2.14. The van der Waals surface area contributed by atoms with Crippen LogP contribution in [0.3, 0.4) is 0 Å². The Morgan fingerprint density at radius 3 is 2.53 bits per heavy atom. The maximum Gasteiger partial charge on any atom is 0.294 e. The van der Waals surface area contributed by atoms with Crippen molar-refractivity contribution in [3.63, 3.8) is 0 Å². The molecule has 1 saturated heterocycles. The lowest BCUT2D eigenvalue weighted by Crippen LogP contribution is -2.36. The monoisotopic (exact) mass is 502 g/mol. The first-order valence-corrected chi connectivity index (χ1v) is 12.1. The summed E-state index contributed by atoms with van der Waals surface area (Å²) in [5.74, 6) is 0.125. The molecule has 0 aromatic heterocycles. The van der Waals surface area contributed by atoms with Gasteiger partial charge in [0.1, 0.15) is 13.2 Å². The summed E-state index contributed by atoms with van der Waals surface area (Å²) >= 11 is 0.802. The first kappa shape index (κ1) is 25.1. The van der Waals surface area contributed by atoms with E-state index in [0.29, 0.717) is 29.4 Å². The summed E-state index contributed by atoms with van der Waals surface area (Å²) in [5, 5.41) is 2.30. The first-order chi connectivity index (χ1) is 17.3. The Morgan fingerprint density at radius 2 is 1.78 bits per heavy atom. The van der Waals surface area contributed by atoms with Crippen molar-refractivity contribution in [3.05, 3.63) is 93.9 Å². The molecule has 1 N–H and O–H groups in total. The van der Waals surface area contributed by atoms with Crippen molar-refractivity contribution in [1.29, 1.82) is 0 Å². The van der Waals surface area contributed by atoms with Crippen molar-refractivity contribution < 1.29 is 23.9 Å². The Kier molecular flexibility index (Phi) is 7.75. The summed E-state index contributed by atoms with van der Waals surface area (Å²) in [7, 11) is 1.54. The third kappa shape index (κ3) is 5.95. The Labute approximate surface area is 214 Å². The fourth-order valence-electron chi connectivity index (χ4n) is 3.62. The SMILES string of the molecule is COc1cc(/C=C2/SC(=O)N(CC(=O)Nc3cc(C)ccc3C)C2=O)ccc1OCc1ccccc1. The largest absolute Gasteiger partial charge is 0.493 e. The summed E-state index contributed by atoms with van der Waals surface area (Å²) < 4.78 is 11.3. The van der Waals surface area contributed by atoms with E-state index >= 15 is 0 Å². The molecule has 3 aromatic rings. The van der Waals surface area contributed by atoms with Gasteiger partial charge in [-0.15, -0.1) is 0 Å². The number of nitrogens with one attached hydrogen (secondary N) is 1. The van der Waals surface area contributed by atoms with Crippen LogP contribution in [0.2, 0.25) is 0 Å². The quantitative estimate of drug-likeness (QED) is 0.406. The number of anilines is 1. The highest BCUT2D eigenvalue weighted by Gasteiger charge is 2.36. The molecular weight excluding hydrogens is 476 g/mol. The summed E-state index contributed by atoms with van der Waals surface area (Å²) in [5.41, 5.74) is 4.25. The van der Waals surface area contributed by atoms with Crippen LogP contribution < -0.4 is 14.8 Å². The fourth-order valence-corrected chi connectivity index (χ4v) is 4.46. The smallest absolute Gasteiger partial charge is 0.294 e. The summed E-state index contributed by atoms with van der Waals surface area (Å²) in [6, 6.07) is 20.8. The van der Waals surface area contributed by atoms with Gasteiger partial charge in [0.15, 0.2) is 11.5 Å². The van der Waals surface area contributed by atoms with Crippen molar-refractivity contribution in [1.82, 2.24) is 4.90 Å².